The van der Waals surface area contributed by atoms with Gasteiger partial charge in [-0.2, -0.15) is 0 Å². The highest BCUT2D eigenvalue weighted by molar-refractivity contribution is 9.10. The maximum absolute atomic E-state index is 13.7. The summed E-state index contributed by atoms with van der Waals surface area (Å²) < 4.78 is 20.0. The van der Waals surface area contributed by atoms with Crippen molar-refractivity contribution in [2.24, 2.45) is 0 Å². The summed E-state index contributed by atoms with van der Waals surface area (Å²) in [5, 5.41) is 3.42. The first-order chi connectivity index (χ1) is 9.17. The van der Waals surface area contributed by atoms with Crippen LogP contribution in [0.5, 0.6) is 0 Å². The summed E-state index contributed by atoms with van der Waals surface area (Å²) in [6.07, 6.45) is 2.71. The minimum absolute atomic E-state index is 0.129. The Morgan fingerprint density at radius 1 is 1.37 bits per heavy atom. The Morgan fingerprint density at radius 3 is 2.84 bits per heavy atom. The van der Waals surface area contributed by atoms with Crippen LogP contribution in [0.3, 0.4) is 0 Å². The fourth-order valence-corrected chi connectivity index (χ4v) is 2.51. The summed E-state index contributed by atoms with van der Waals surface area (Å²) in [6.45, 7) is 6.51. The average molecular weight is 332 g/mol. The van der Waals surface area contributed by atoms with Gasteiger partial charge in [-0.1, -0.05) is 22.9 Å². The van der Waals surface area contributed by atoms with Gasteiger partial charge in [-0.3, -0.25) is 0 Å². The van der Waals surface area contributed by atoms with E-state index in [9.17, 15) is 4.39 Å². The van der Waals surface area contributed by atoms with Crippen molar-refractivity contribution in [3.8, 4) is 0 Å². The molecule has 0 saturated carbocycles. The molecule has 0 radical (unpaired) electrons. The minimum atomic E-state index is -0.129. The van der Waals surface area contributed by atoms with Crippen LogP contribution in [0.4, 0.5) is 4.39 Å². The molecule has 4 heteroatoms. The molecular formula is C15H23BrFNO. The molecule has 108 valence electrons. The summed E-state index contributed by atoms with van der Waals surface area (Å²) >= 11 is 3.39. The zero-order chi connectivity index (χ0) is 14.1. The van der Waals surface area contributed by atoms with Crippen LogP contribution in [-0.2, 0) is 11.2 Å². The summed E-state index contributed by atoms with van der Waals surface area (Å²) in [4.78, 5) is 0. The third-order valence-corrected chi connectivity index (χ3v) is 3.51. The van der Waals surface area contributed by atoms with Crippen LogP contribution >= 0.6 is 15.9 Å². The number of halogens is 2. The van der Waals surface area contributed by atoms with Gasteiger partial charge in [-0.25, -0.2) is 4.39 Å². The van der Waals surface area contributed by atoms with E-state index in [2.05, 4.69) is 28.2 Å². The zero-order valence-corrected chi connectivity index (χ0v) is 13.3. The molecule has 1 N–H and O–H groups in total. The van der Waals surface area contributed by atoms with E-state index in [1.165, 1.54) is 6.07 Å². The van der Waals surface area contributed by atoms with Crippen LogP contribution in [0.15, 0.2) is 22.7 Å². The number of rotatable bonds is 9. The second-order valence-corrected chi connectivity index (χ2v) is 5.45. The molecule has 2 nitrogen and oxygen atoms in total. The predicted molar refractivity (Wildman–Crippen MR) is 81.0 cm³/mol. The summed E-state index contributed by atoms with van der Waals surface area (Å²) in [7, 11) is 0. The van der Waals surface area contributed by atoms with Gasteiger partial charge >= 0.3 is 0 Å². The van der Waals surface area contributed by atoms with Crippen molar-refractivity contribution < 1.29 is 9.13 Å². The first-order valence-electron chi connectivity index (χ1n) is 6.92. The second-order valence-electron chi connectivity index (χ2n) is 4.53. The first-order valence-corrected chi connectivity index (χ1v) is 7.71. The van der Waals surface area contributed by atoms with E-state index in [1.54, 1.807) is 6.07 Å². The smallest absolute Gasteiger partial charge is 0.126 e. The van der Waals surface area contributed by atoms with Crippen molar-refractivity contribution in [3.63, 3.8) is 0 Å². The number of likely N-dealkylation sites (N-methyl/N-ethyl adjacent to an activating group) is 1. The predicted octanol–water partition coefficient (Wildman–Crippen LogP) is 3.93. The molecule has 1 rings (SSSR count). The molecule has 0 aliphatic rings. The van der Waals surface area contributed by atoms with Crippen molar-refractivity contribution in [3.05, 3.63) is 34.1 Å². The van der Waals surface area contributed by atoms with Gasteiger partial charge in [-0.05, 0) is 56.5 Å². The molecule has 0 saturated heterocycles. The number of hydrogen-bond acceptors (Lipinski definition) is 2. The molecule has 0 aromatic heterocycles. The molecule has 0 amide bonds. The van der Waals surface area contributed by atoms with Crippen LogP contribution in [0.1, 0.15) is 32.3 Å². The van der Waals surface area contributed by atoms with Crippen LogP contribution in [-0.4, -0.2) is 25.8 Å². The third-order valence-electron chi connectivity index (χ3n) is 3.01. The van der Waals surface area contributed by atoms with Crippen LogP contribution in [0, 0.1) is 5.82 Å². The monoisotopic (exact) mass is 331 g/mol. The van der Waals surface area contributed by atoms with Gasteiger partial charge in [0.25, 0.3) is 0 Å². The van der Waals surface area contributed by atoms with Crippen molar-refractivity contribution in [2.75, 3.05) is 19.8 Å². The molecule has 0 fully saturated rings. The molecule has 1 aromatic rings. The topological polar surface area (TPSA) is 21.3 Å². The summed E-state index contributed by atoms with van der Waals surface area (Å²) in [5.41, 5.74) is 0.761. The Bertz CT molecular complexity index is 373. The molecule has 19 heavy (non-hydrogen) atoms. The van der Waals surface area contributed by atoms with Crippen LogP contribution in [0.2, 0.25) is 0 Å². The Kier molecular flexibility index (Phi) is 8.26. The Balaban J connectivity index is 2.54. The highest BCUT2D eigenvalue weighted by Gasteiger charge is 2.11. The van der Waals surface area contributed by atoms with Gasteiger partial charge in [0.2, 0.25) is 0 Å². The number of nitrogens with one attached hydrogen (secondary N) is 1. The lowest BCUT2D eigenvalue weighted by molar-refractivity contribution is 0.140. The Labute approximate surface area is 123 Å². The van der Waals surface area contributed by atoms with E-state index in [4.69, 9.17) is 4.74 Å². The van der Waals surface area contributed by atoms with Crippen molar-refractivity contribution in [1.82, 2.24) is 5.32 Å². The fourth-order valence-electron chi connectivity index (χ4n) is 2.11. The van der Waals surface area contributed by atoms with Crippen molar-refractivity contribution in [2.45, 2.75) is 39.2 Å². The molecule has 0 aliphatic carbocycles. The number of benzene rings is 1. The highest BCUT2D eigenvalue weighted by atomic mass is 79.9. The van der Waals surface area contributed by atoms with Gasteiger partial charge in [0.1, 0.15) is 5.82 Å². The lowest BCUT2D eigenvalue weighted by atomic mass is 10.0. The van der Waals surface area contributed by atoms with Gasteiger partial charge < -0.3 is 10.1 Å². The molecule has 0 bridgehead atoms. The van der Waals surface area contributed by atoms with Crippen molar-refractivity contribution >= 4 is 15.9 Å². The van der Waals surface area contributed by atoms with E-state index in [1.807, 2.05) is 13.0 Å². The SMILES string of the molecule is CCNC(CCCOCC)Cc1cc(Br)ccc1F. The van der Waals surface area contributed by atoms with Crippen molar-refractivity contribution in [1.29, 1.82) is 0 Å². The van der Waals surface area contributed by atoms with E-state index in [0.717, 1.165) is 42.6 Å². The third kappa shape index (κ3) is 6.50. The van der Waals surface area contributed by atoms with Gasteiger partial charge in [0, 0.05) is 23.7 Å². The normalized spacial score (nSPS) is 12.6. The lowest BCUT2D eigenvalue weighted by Crippen LogP contribution is -2.31. The molecule has 1 unspecified atom stereocenters. The average Bonchev–Trinajstić information content (AvgIpc) is 2.39. The maximum Gasteiger partial charge on any atom is 0.126 e. The summed E-state index contributed by atoms with van der Waals surface area (Å²) in [5.74, 6) is -0.129. The van der Waals surface area contributed by atoms with Crippen LogP contribution in [0.25, 0.3) is 0 Å². The highest BCUT2D eigenvalue weighted by Crippen LogP contribution is 2.18. The van der Waals surface area contributed by atoms with E-state index in [0.29, 0.717) is 12.5 Å². The zero-order valence-electron chi connectivity index (χ0n) is 11.7. The minimum Gasteiger partial charge on any atom is -0.382 e. The van der Waals surface area contributed by atoms with E-state index >= 15 is 0 Å². The van der Waals surface area contributed by atoms with Gasteiger partial charge in [0.05, 0.1) is 0 Å². The maximum atomic E-state index is 13.7. The number of hydrogen-bond donors (Lipinski definition) is 1. The van der Waals surface area contributed by atoms with Crippen LogP contribution < -0.4 is 5.32 Å². The lowest BCUT2D eigenvalue weighted by Gasteiger charge is -2.18. The standard InChI is InChI=1S/C15H23BrFNO/c1-3-18-14(6-5-9-19-4-2)11-12-10-13(16)7-8-15(12)17/h7-8,10,14,18H,3-6,9,11H2,1-2H3. The fraction of sp³-hybridized carbons (Fsp3) is 0.600. The molecule has 0 heterocycles. The second kappa shape index (κ2) is 9.45. The molecule has 0 aliphatic heterocycles. The molecule has 1 atom stereocenters. The largest absolute Gasteiger partial charge is 0.382 e. The van der Waals surface area contributed by atoms with E-state index in [-0.39, 0.29) is 5.82 Å². The quantitative estimate of drug-likeness (QED) is 0.692. The molecule has 1 aromatic carbocycles. The number of ether oxygens (including phenoxy) is 1. The molecule has 0 spiro atoms. The Morgan fingerprint density at radius 2 is 2.16 bits per heavy atom. The Hall–Kier alpha value is -0.450. The first kappa shape index (κ1) is 16.6. The van der Waals surface area contributed by atoms with Gasteiger partial charge in [0.15, 0.2) is 0 Å². The summed E-state index contributed by atoms with van der Waals surface area (Å²) in [6, 6.07) is 5.41. The van der Waals surface area contributed by atoms with E-state index < -0.39 is 0 Å². The van der Waals surface area contributed by atoms with Gasteiger partial charge in [-0.15, -0.1) is 0 Å². The molecular weight excluding hydrogens is 309 g/mol.